The van der Waals surface area contributed by atoms with Crippen molar-refractivity contribution in [1.29, 1.82) is 0 Å². The molecule has 1 aliphatic heterocycles. The number of nitrogens with one attached hydrogen (secondary N) is 1. The van der Waals surface area contributed by atoms with Gasteiger partial charge in [-0.2, -0.15) is 0 Å². The molecular weight excluding hydrogens is 395 g/mol. The van der Waals surface area contributed by atoms with Gasteiger partial charge in [-0.25, -0.2) is 14.4 Å². The van der Waals surface area contributed by atoms with Crippen molar-refractivity contribution in [3.8, 4) is 11.1 Å². The molecule has 3 N–H and O–H groups in total. The number of hydrogen-bond donors (Lipinski definition) is 2. The molecular formula is C23H23FN6O. The molecule has 3 heterocycles. The van der Waals surface area contributed by atoms with E-state index >= 15 is 0 Å². The van der Waals surface area contributed by atoms with Crippen LogP contribution in [0.3, 0.4) is 0 Å². The van der Waals surface area contributed by atoms with E-state index in [2.05, 4.69) is 25.4 Å². The van der Waals surface area contributed by atoms with Gasteiger partial charge in [0.2, 0.25) is 5.95 Å². The average Bonchev–Trinajstić information content (AvgIpc) is 2.72. The zero-order valence-electron chi connectivity index (χ0n) is 17.2. The van der Waals surface area contributed by atoms with Crippen molar-refractivity contribution in [2.24, 2.45) is 5.16 Å². The van der Waals surface area contributed by atoms with Crippen LogP contribution in [0.5, 0.6) is 0 Å². The standard InChI is InChI=1S/C23H23FN6O/c1-13-22-20(29-23(25)28-13)7-15(8-21(22)30-31-17-11-27-12-17)18-5-4-16(24)9-19(18)14-3-2-6-26-10-14/h2-6,9-10,15,17,27H,7-8,11-12H2,1H3,(H2,25,28,29)/b30-21+. The molecule has 158 valence electrons. The minimum Gasteiger partial charge on any atom is -0.390 e. The summed E-state index contributed by atoms with van der Waals surface area (Å²) in [7, 11) is 0. The number of nitrogens with zero attached hydrogens (tertiary/aromatic N) is 4. The molecule has 1 aromatic carbocycles. The summed E-state index contributed by atoms with van der Waals surface area (Å²) in [6.07, 6.45) is 4.83. The fourth-order valence-corrected chi connectivity index (χ4v) is 4.25. The number of hydrogen-bond acceptors (Lipinski definition) is 7. The van der Waals surface area contributed by atoms with Gasteiger partial charge in [-0.05, 0) is 48.6 Å². The van der Waals surface area contributed by atoms with Crippen LogP contribution >= 0.6 is 0 Å². The Balaban J connectivity index is 1.58. The Morgan fingerprint density at radius 2 is 2.06 bits per heavy atom. The van der Waals surface area contributed by atoms with Crippen molar-refractivity contribution in [3.05, 3.63) is 71.1 Å². The van der Waals surface area contributed by atoms with Crippen molar-refractivity contribution < 1.29 is 9.23 Å². The number of oxime groups is 1. The summed E-state index contributed by atoms with van der Waals surface area (Å²) in [5.41, 5.74) is 12.0. The lowest BCUT2D eigenvalue weighted by Gasteiger charge is -2.29. The summed E-state index contributed by atoms with van der Waals surface area (Å²) < 4.78 is 14.2. The third kappa shape index (κ3) is 3.86. The van der Waals surface area contributed by atoms with Crippen LogP contribution in [0, 0.1) is 12.7 Å². The molecule has 0 radical (unpaired) electrons. The van der Waals surface area contributed by atoms with E-state index in [1.165, 1.54) is 6.07 Å². The lowest BCUT2D eigenvalue weighted by atomic mass is 9.78. The lowest BCUT2D eigenvalue weighted by molar-refractivity contribution is 0.0227. The number of aryl methyl sites for hydroxylation is 1. The number of fused-ring (bicyclic) bond motifs is 1. The molecule has 1 fully saturated rings. The molecule has 7 nitrogen and oxygen atoms in total. The minimum atomic E-state index is -0.282. The van der Waals surface area contributed by atoms with E-state index in [1.807, 2.05) is 25.1 Å². The number of pyridine rings is 1. The highest BCUT2D eigenvalue weighted by Crippen LogP contribution is 2.38. The smallest absolute Gasteiger partial charge is 0.220 e. The summed E-state index contributed by atoms with van der Waals surface area (Å²) in [6.45, 7) is 3.48. The van der Waals surface area contributed by atoms with Crippen LogP contribution in [-0.4, -0.2) is 39.9 Å². The van der Waals surface area contributed by atoms with Crippen molar-refractivity contribution in [1.82, 2.24) is 20.3 Å². The molecule has 1 aliphatic carbocycles. The number of aromatic nitrogens is 3. The number of nitrogens with two attached hydrogens (primary N) is 1. The number of benzene rings is 1. The van der Waals surface area contributed by atoms with Crippen LogP contribution in [0.25, 0.3) is 11.1 Å². The van der Waals surface area contributed by atoms with E-state index in [-0.39, 0.29) is 23.8 Å². The van der Waals surface area contributed by atoms with Crippen molar-refractivity contribution in [2.75, 3.05) is 18.8 Å². The monoisotopic (exact) mass is 418 g/mol. The molecule has 0 amide bonds. The second kappa shape index (κ2) is 8.03. The SMILES string of the molecule is Cc1nc(N)nc2c1/C(=N/OC1CNC1)CC(c1ccc(F)cc1-c1cccnc1)C2. The first-order valence-electron chi connectivity index (χ1n) is 10.3. The molecule has 1 atom stereocenters. The molecule has 1 unspecified atom stereocenters. The third-order valence-electron chi connectivity index (χ3n) is 5.83. The van der Waals surface area contributed by atoms with E-state index in [1.54, 1.807) is 18.5 Å². The zero-order chi connectivity index (χ0) is 21.4. The van der Waals surface area contributed by atoms with Crippen molar-refractivity contribution >= 4 is 11.7 Å². The van der Waals surface area contributed by atoms with Crippen LogP contribution in [-0.2, 0) is 11.3 Å². The Kier molecular flexibility index (Phi) is 5.07. The Morgan fingerprint density at radius 3 is 2.81 bits per heavy atom. The van der Waals surface area contributed by atoms with E-state index in [4.69, 9.17) is 10.6 Å². The Bertz CT molecular complexity index is 1150. The summed E-state index contributed by atoms with van der Waals surface area (Å²) in [5.74, 6) is 0.00163. The molecule has 1 saturated heterocycles. The maximum Gasteiger partial charge on any atom is 0.220 e. The molecule has 2 aromatic heterocycles. The van der Waals surface area contributed by atoms with Gasteiger partial charge in [-0.1, -0.05) is 17.3 Å². The summed E-state index contributed by atoms with van der Waals surface area (Å²) in [4.78, 5) is 18.8. The Labute approximate surface area is 179 Å². The number of halogens is 1. The number of anilines is 1. The van der Waals surface area contributed by atoms with Gasteiger partial charge in [0, 0.05) is 43.0 Å². The van der Waals surface area contributed by atoms with Gasteiger partial charge in [0.05, 0.1) is 17.1 Å². The third-order valence-corrected chi connectivity index (χ3v) is 5.83. The summed E-state index contributed by atoms with van der Waals surface area (Å²) in [5, 5.41) is 7.68. The normalized spacial score (nSPS) is 19.7. The lowest BCUT2D eigenvalue weighted by Crippen LogP contribution is -2.47. The maximum absolute atomic E-state index is 14.2. The molecule has 8 heteroatoms. The van der Waals surface area contributed by atoms with Crippen molar-refractivity contribution in [2.45, 2.75) is 31.8 Å². The van der Waals surface area contributed by atoms with Gasteiger partial charge >= 0.3 is 0 Å². The predicted octanol–water partition coefficient (Wildman–Crippen LogP) is 2.99. The highest BCUT2D eigenvalue weighted by Gasteiger charge is 2.31. The number of rotatable bonds is 4. The zero-order valence-corrected chi connectivity index (χ0v) is 17.2. The van der Waals surface area contributed by atoms with Gasteiger partial charge in [0.25, 0.3) is 0 Å². The van der Waals surface area contributed by atoms with Crippen LogP contribution in [0.15, 0.2) is 47.9 Å². The highest BCUT2D eigenvalue weighted by atomic mass is 19.1. The maximum atomic E-state index is 14.2. The van der Waals surface area contributed by atoms with Gasteiger partial charge in [-0.3, -0.25) is 4.98 Å². The first-order valence-corrected chi connectivity index (χ1v) is 10.3. The van der Waals surface area contributed by atoms with E-state index in [0.29, 0.717) is 12.8 Å². The molecule has 3 aromatic rings. The molecule has 0 spiro atoms. The summed E-state index contributed by atoms with van der Waals surface area (Å²) in [6, 6.07) is 8.70. The van der Waals surface area contributed by atoms with E-state index in [0.717, 1.165) is 52.4 Å². The highest BCUT2D eigenvalue weighted by molar-refractivity contribution is 6.03. The van der Waals surface area contributed by atoms with Gasteiger partial charge in [0.1, 0.15) is 5.82 Å². The van der Waals surface area contributed by atoms with E-state index in [9.17, 15) is 4.39 Å². The Morgan fingerprint density at radius 1 is 1.19 bits per heavy atom. The van der Waals surface area contributed by atoms with Crippen molar-refractivity contribution in [3.63, 3.8) is 0 Å². The van der Waals surface area contributed by atoms with Gasteiger partial charge in [-0.15, -0.1) is 0 Å². The summed E-state index contributed by atoms with van der Waals surface area (Å²) >= 11 is 0. The quantitative estimate of drug-likeness (QED) is 0.632. The minimum absolute atomic E-state index is 0.0406. The Hall–Kier alpha value is -3.39. The molecule has 5 rings (SSSR count). The first kappa shape index (κ1) is 19.6. The van der Waals surface area contributed by atoms with Crippen LogP contribution in [0.1, 0.15) is 34.9 Å². The predicted molar refractivity (Wildman–Crippen MR) is 116 cm³/mol. The fraction of sp³-hybridized carbons (Fsp3) is 0.304. The van der Waals surface area contributed by atoms with Crippen LogP contribution in [0.4, 0.5) is 10.3 Å². The fourth-order valence-electron chi connectivity index (χ4n) is 4.25. The second-order valence-corrected chi connectivity index (χ2v) is 7.99. The van der Waals surface area contributed by atoms with Crippen LogP contribution in [0.2, 0.25) is 0 Å². The van der Waals surface area contributed by atoms with Gasteiger partial charge in [0.15, 0.2) is 6.10 Å². The average molecular weight is 418 g/mol. The number of nitrogen functional groups attached to an aromatic ring is 1. The topological polar surface area (TPSA) is 98.3 Å². The molecule has 0 bridgehead atoms. The first-order chi connectivity index (χ1) is 15.1. The van der Waals surface area contributed by atoms with E-state index < -0.39 is 0 Å². The molecule has 2 aliphatic rings. The van der Waals surface area contributed by atoms with Crippen LogP contribution < -0.4 is 11.1 Å². The molecule has 0 saturated carbocycles. The molecule has 31 heavy (non-hydrogen) atoms. The second-order valence-electron chi connectivity index (χ2n) is 7.99. The van der Waals surface area contributed by atoms with Gasteiger partial charge < -0.3 is 15.9 Å². The largest absolute Gasteiger partial charge is 0.390 e.